The highest BCUT2D eigenvalue weighted by atomic mass is 16.5. The van der Waals surface area contributed by atoms with Gasteiger partial charge in [0.25, 0.3) is 0 Å². The molecule has 2 aliphatic rings. The molecule has 2 heterocycles. The Morgan fingerprint density at radius 3 is 1.73 bits per heavy atom. The lowest BCUT2D eigenvalue weighted by atomic mass is 9.87. The van der Waals surface area contributed by atoms with Gasteiger partial charge in [0.05, 0.1) is 18.4 Å². The van der Waals surface area contributed by atoms with Crippen molar-refractivity contribution in [2.45, 2.75) is 142 Å². The predicted molar refractivity (Wildman–Crippen MR) is 133 cm³/mol. The Morgan fingerprint density at radius 1 is 0.788 bits per heavy atom. The van der Waals surface area contributed by atoms with Crippen LogP contribution < -0.4 is 10.6 Å². The summed E-state index contributed by atoms with van der Waals surface area (Å²) in [5.41, 5.74) is -0.548. The van der Waals surface area contributed by atoms with Crippen LogP contribution in [0.15, 0.2) is 0 Å². The van der Waals surface area contributed by atoms with E-state index in [2.05, 4.69) is 72.9 Å². The number of nitrogens with one attached hydrogen (secondary N) is 2. The van der Waals surface area contributed by atoms with Gasteiger partial charge in [-0.2, -0.15) is 0 Å². The zero-order chi connectivity index (χ0) is 25.1. The number of carbonyl (C=O) groups is 2. The molecule has 6 nitrogen and oxygen atoms in total. The van der Waals surface area contributed by atoms with E-state index in [1.807, 2.05) is 0 Å². The number of rotatable bonds is 11. The van der Waals surface area contributed by atoms with Gasteiger partial charge in [-0.05, 0) is 93.9 Å². The minimum Gasteiger partial charge on any atom is -0.465 e. The topological polar surface area (TPSA) is 76.7 Å². The molecule has 0 radical (unpaired) electrons. The molecule has 3 atom stereocenters. The zero-order valence-corrected chi connectivity index (χ0v) is 22.7. The van der Waals surface area contributed by atoms with Gasteiger partial charge in [-0.15, -0.1) is 0 Å². The molecule has 2 fully saturated rings. The van der Waals surface area contributed by atoms with Crippen LogP contribution in [0.25, 0.3) is 0 Å². The van der Waals surface area contributed by atoms with E-state index in [0.717, 1.165) is 51.4 Å². The van der Waals surface area contributed by atoms with E-state index < -0.39 is 0 Å². The van der Waals surface area contributed by atoms with Crippen LogP contribution in [0.2, 0.25) is 0 Å². The van der Waals surface area contributed by atoms with Gasteiger partial charge in [0.15, 0.2) is 0 Å². The molecule has 192 valence electrons. The molecule has 3 unspecified atom stereocenters. The van der Waals surface area contributed by atoms with Crippen molar-refractivity contribution in [3.05, 3.63) is 0 Å². The second-order valence-electron chi connectivity index (χ2n) is 12.8. The third-order valence-electron chi connectivity index (χ3n) is 7.46. The molecule has 0 aromatic heterocycles. The number of hydrogen-bond donors (Lipinski definition) is 2. The molecule has 6 heteroatoms. The predicted octanol–water partition coefficient (Wildman–Crippen LogP) is 5.14. The van der Waals surface area contributed by atoms with Crippen molar-refractivity contribution in [3.63, 3.8) is 0 Å². The number of carbonyl (C=O) groups excluding carboxylic acids is 2. The van der Waals surface area contributed by atoms with Crippen LogP contribution in [0.4, 0.5) is 0 Å². The molecule has 33 heavy (non-hydrogen) atoms. The van der Waals surface area contributed by atoms with Crippen molar-refractivity contribution in [1.29, 1.82) is 0 Å². The van der Waals surface area contributed by atoms with Crippen LogP contribution in [-0.4, -0.2) is 46.8 Å². The van der Waals surface area contributed by atoms with Gasteiger partial charge in [0.2, 0.25) is 0 Å². The molecule has 0 aromatic carbocycles. The average molecular weight is 467 g/mol. The molecular formula is C27H50N2O4. The maximum atomic E-state index is 12.8. The lowest BCUT2D eigenvalue weighted by molar-refractivity contribution is -0.156. The fraction of sp³-hybridized carbons (Fsp3) is 0.926. The highest BCUT2D eigenvalue weighted by Crippen LogP contribution is 2.37. The maximum absolute atomic E-state index is 12.8. The normalized spacial score (nSPS) is 27.8. The minimum absolute atomic E-state index is 0.0182. The Balaban J connectivity index is 1.63. The van der Waals surface area contributed by atoms with Crippen molar-refractivity contribution < 1.29 is 19.1 Å². The largest absolute Gasteiger partial charge is 0.465 e. The second kappa shape index (κ2) is 10.6. The molecule has 0 amide bonds. The van der Waals surface area contributed by atoms with Crippen LogP contribution >= 0.6 is 0 Å². The summed E-state index contributed by atoms with van der Waals surface area (Å²) in [6.07, 6.45) is 7.30. The van der Waals surface area contributed by atoms with Crippen molar-refractivity contribution >= 4 is 11.9 Å². The quantitative estimate of drug-likeness (QED) is 0.324. The summed E-state index contributed by atoms with van der Waals surface area (Å²) < 4.78 is 11.5. The van der Waals surface area contributed by atoms with Gasteiger partial charge in [0, 0.05) is 22.2 Å². The minimum atomic E-state index is -0.240. The monoisotopic (exact) mass is 466 g/mol. The van der Waals surface area contributed by atoms with E-state index in [4.69, 9.17) is 9.47 Å². The fourth-order valence-corrected chi connectivity index (χ4v) is 6.00. The van der Waals surface area contributed by atoms with E-state index in [-0.39, 0.29) is 52.0 Å². The first-order valence-electron chi connectivity index (χ1n) is 13.0. The second-order valence-corrected chi connectivity index (χ2v) is 12.8. The maximum Gasteiger partial charge on any atom is 0.311 e. The first kappa shape index (κ1) is 28.1. The Morgan fingerprint density at radius 2 is 1.27 bits per heavy atom. The van der Waals surface area contributed by atoms with Crippen molar-refractivity contribution in [3.8, 4) is 0 Å². The number of esters is 2. The molecule has 0 aromatic rings. The Kier molecular flexibility index (Phi) is 9.06. The number of unbranched alkanes of at least 4 members (excludes halogenated alkanes) is 3. The van der Waals surface area contributed by atoms with Gasteiger partial charge >= 0.3 is 11.9 Å². The summed E-state index contributed by atoms with van der Waals surface area (Å²) in [4.78, 5) is 25.4. The van der Waals surface area contributed by atoms with E-state index in [0.29, 0.717) is 6.61 Å². The fourth-order valence-electron chi connectivity index (χ4n) is 6.00. The SMILES string of the molecule is CCC(CCCCCCOC(=O)C1CC(C)(C)NC1(C)C)OC(=O)C1CC(C)(C)NC1(C)C. The number of hydrogen-bond acceptors (Lipinski definition) is 6. The van der Waals surface area contributed by atoms with E-state index >= 15 is 0 Å². The molecule has 0 bridgehead atoms. The molecule has 2 aliphatic heterocycles. The highest BCUT2D eigenvalue weighted by molar-refractivity contribution is 5.75. The molecule has 2 N–H and O–H groups in total. The standard InChI is InChI=1S/C27H50N2O4/c1-10-19(33-23(31)21-18-25(4,5)29-27(21,8)9)15-13-11-12-14-16-32-22(30)20-17-24(2,3)28-26(20,6)7/h19-21,28-29H,10-18H2,1-9H3. The summed E-state index contributed by atoms with van der Waals surface area (Å²) in [7, 11) is 0. The van der Waals surface area contributed by atoms with Crippen molar-refractivity contribution in [2.24, 2.45) is 11.8 Å². The Hall–Kier alpha value is -1.14. The first-order valence-corrected chi connectivity index (χ1v) is 13.0. The molecular weight excluding hydrogens is 416 g/mol. The van der Waals surface area contributed by atoms with Crippen LogP contribution in [0.5, 0.6) is 0 Å². The zero-order valence-electron chi connectivity index (χ0n) is 22.7. The van der Waals surface area contributed by atoms with Crippen molar-refractivity contribution in [2.75, 3.05) is 6.61 Å². The van der Waals surface area contributed by atoms with Gasteiger partial charge in [-0.1, -0.05) is 19.8 Å². The van der Waals surface area contributed by atoms with E-state index in [1.54, 1.807) is 0 Å². The summed E-state index contributed by atoms with van der Waals surface area (Å²) in [5.74, 6) is -0.354. The van der Waals surface area contributed by atoms with Gasteiger partial charge in [-0.25, -0.2) is 0 Å². The summed E-state index contributed by atoms with van der Waals surface area (Å²) >= 11 is 0. The molecule has 2 rings (SSSR count). The number of ether oxygens (including phenoxy) is 2. The van der Waals surface area contributed by atoms with Gasteiger partial charge in [-0.3, -0.25) is 9.59 Å². The Labute approximate surface area is 202 Å². The highest BCUT2D eigenvalue weighted by Gasteiger charge is 2.49. The average Bonchev–Trinajstić information content (AvgIpc) is 3.04. The molecule has 0 aliphatic carbocycles. The van der Waals surface area contributed by atoms with Crippen LogP contribution in [-0.2, 0) is 19.1 Å². The van der Waals surface area contributed by atoms with Crippen molar-refractivity contribution in [1.82, 2.24) is 10.6 Å². The van der Waals surface area contributed by atoms with E-state index in [9.17, 15) is 9.59 Å². The summed E-state index contributed by atoms with van der Waals surface area (Å²) in [6, 6.07) is 0. The van der Waals surface area contributed by atoms with Crippen LogP contribution in [0.1, 0.15) is 114 Å². The van der Waals surface area contributed by atoms with E-state index in [1.165, 1.54) is 0 Å². The first-order chi connectivity index (χ1) is 15.1. The smallest absolute Gasteiger partial charge is 0.311 e. The summed E-state index contributed by atoms with van der Waals surface area (Å²) in [6.45, 7) is 19.5. The third kappa shape index (κ3) is 7.95. The molecule has 0 spiro atoms. The third-order valence-corrected chi connectivity index (χ3v) is 7.46. The lowest BCUT2D eigenvalue weighted by Crippen LogP contribution is -2.47. The van der Waals surface area contributed by atoms with Gasteiger partial charge < -0.3 is 20.1 Å². The Bertz CT molecular complexity index is 684. The molecule has 0 saturated carbocycles. The lowest BCUT2D eigenvalue weighted by Gasteiger charge is -2.28. The molecule has 2 saturated heterocycles. The van der Waals surface area contributed by atoms with Crippen LogP contribution in [0.3, 0.4) is 0 Å². The van der Waals surface area contributed by atoms with Crippen LogP contribution in [0, 0.1) is 11.8 Å². The summed E-state index contributed by atoms with van der Waals surface area (Å²) in [5, 5.41) is 7.09. The van der Waals surface area contributed by atoms with Gasteiger partial charge in [0.1, 0.15) is 6.10 Å².